The Kier molecular flexibility index (Phi) is 4.92. The molecule has 2 aromatic carbocycles. The third-order valence-corrected chi connectivity index (χ3v) is 5.85. The Labute approximate surface area is 148 Å². The third kappa shape index (κ3) is 3.75. The molecule has 0 spiro atoms. The smallest absolute Gasteiger partial charge is 0.283 e. The minimum atomic E-state index is -3.81. The van der Waals surface area contributed by atoms with Crippen LogP contribution in [0.2, 0.25) is 0 Å². The minimum Gasteiger partial charge on any atom is -0.388 e. The molecule has 0 aliphatic carbocycles. The van der Waals surface area contributed by atoms with Crippen molar-refractivity contribution in [1.29, 1.82) is 0 Å². The summed E-state index contributed by atoms with van der Waals surface area (Å²) in [5.74, 6) is 0.0737. The highest BCUT2D eigenvalue weighted by atomic mass is 32.2. The van der Waals surface area contributed by atoms with E-state index in [1.54, 1.807) is 31.3 Å². The topological polar surface area (TPSA) is 70.0 Å². The summed E-state index contributed by atoms with van der Waals surface area (Å²) < 4.78 is 29.4. The van der Waals surface area contributed by atoms with E-state index in [4.69, 9.17) is 0 Å². The maximum atomic E-state index is 12.7. The van der Waals surface area contributed by atoms with E-state index in [9.17, 15) is 13.5 Å². The van der Waals surface area contributed by atoms with Gasteiger partial charge in [0.15, 0.2) is 0 Å². The lowest BCUT2D eigenvalue weighted by atomic mass is 9.94. The zero-order valence-corrected chi connectivity index (χ0v) is 15.1. The average Bonchev–Trinajstić information content (AvgIpc) is 2.95. The van der Waals surface area contributed by atoms with Gasteiger partial charge in [-0.2, -0.15) is 8.42 Å². The van der Waals surface area contributed by atoms with Crippen LogP contribution in [0.1, 0.15) is 23.7 Å². The highest BCUT2D eigenvalue weighted by Gasteiger charge is 2.35. The molecule has 0 saturated carbocycles. The maximum absolute atomic E-state index is 12.7. The fourth-order valence-electron chi connectivity index (χ4n) is 3.06. The Balaban J connectivity index is 1.95. The standard InChI is InChI=1S/C19H22N2O3S/c1-14-8-10-16(11-9-14)25(23,24)20-19-17(12-13-21(19)2)18(22)15-6-4-3-5-7-15/h3-11,17-18,22H,12-13H2,1-2H3/b20-19-/t17-,18+/m1/s1. The van der Waals surface area contributed by atoms with Crippen LogP contribution in [-0.4, -0.2) is 37.9 Å². The summed E-state index contributed by atoms with van der Waals surface area (Å²) in [6.45, 7) is 2.57. The number of aliphatic hydroxyl groups excluding tert-OH is 1. The molecular formula is C19H22N2O3S. The van der Waals surface area contributed by atoms with Crippen molar-refractivity contribution >= 4 is 15.9 Å². The molecule has 1 aliphatic heterocycles. The van der Waals surface area contributed by atoms with Crippen molar-refractivity contribution in [3.63, 3.8) is 0 Å². The second-order valence-corrected chi connectivity index (χ2v) is 8.01. The second-order valence-electron chi connectivity index (χ2n) is 6.41. The molecule has 1 fully saturated rings. The molecule has 2 aromatic rings. The number of hydrogen-bond donors (Lipinski definition) is 1. The summed E-state index contributed by atoms with van der Waals surface area (Å²) in [4.78, 5) is 1.97. The summed E-state index contributed by atoms with van der Waals surface area (Å²) in [5.41, 5.74) is 1.75. The monoisotopic (exact) mass is 358 g/mol. The van der Waals surface area contributed by atoms with E-state index >= 15 is 0 Å². The predicted molar refractivity (Wildman–Crippen MR) is 97.9 cm³/mol. The van der Waals surface area contributed by atoms with Crippen molar-refractivity contribution in [2.75, 3.05) is 13.6 Å². The molecule has 2 atom stereocenters. The van der Waals surface area contributed by atoms with E-state index < -0.39 is 16.1 Å². The summed E-state index contributed by atoms with van der Waals surface area (Å²) >= 11 is 0. The fraction of sp³-hybridized carbons (Fsp3) is 0.316. The molecule has 1 saturated heterocycles. The van der Waals surface area contributed by atoms with Gasteiger partial charge in [-0.1, -0.05) is 48.0 Å². The number of aryl methyl sites for hydroxylation is 1. The van der Waals surface area contributed by atoms with Gasteiger partial charge >= 0.3 is 0 Å². The van der Waals surface area contributed by atoms with Gasteiger partial charge in [0.25, 0.3) is 10.0 Å². The molecule has 0 radical (unpaired) electrons. The van der Waals surface area contributed by atoms with Gasteiger partial charge in [0.2, 0.25) is 0 Å². The van der Waals surface area contributed by atoms with Gasteiger partial charge in [0, 0.05) is 19.5 Å². The van der Waals surface area contributed by atoms with Crippen LogP contribution in [0.4, 0.5) is 0 Å². The van der Waals surface area contributed by atoms with Crippen molar-refractivity contribution in [3.8, 4) is 0 Å². The molecule has 0 aromatic heterocycles. The molecule has 1 heterocycles. The molecule has 1 aliphatic rings. The number of likely N-dealkylation sites (tertiary alicyclic amines) is 1. The first-order chi connectivity index (χ1) is 11.9. The number of benzene rings is 2. The van der Waals surface area contributed by atoms with E-state index in [1.165, 1.54) is 0 Å². The second kappa shape index (κ2) is 6.98. The molecule has 1 N–H and O–H groups in total. The van der Waals surface area contributed by atoms with Gasteiger partial charge in [-0.15, -0.1) is 4.40 Å². The maximum Gasteiger partial charge on any atom is 0.283 e. The minimum absolute atomic E-state index is 0.166. The molecule has 5 nitrogen and oxygen atoms in total. The summed E-state index contributed by atoms with van der Waals surface area (Å²) in [6, 6.07) is 15.9. The van der Waals surface area contributed by atoms with Gasteiger partial charge in [-0.05, 0) is 31.0 Å². The lowest BCUT2D eigenvalue weighted by molar-refractivity contribution is 0.141. The Hall–Kier alpha value is -2.18. The SMILES string of the molecule is Cc1ccc(S(=O)(=O)/N=C2/[C@@H]([C@@H](O)c3ccccc3)CCN2C)cc1. The number of rotatable bonds is 4. The quantitative estimate of drug-likeness (QED) is 0.912. The fourth-order valence-corrected chi connectivity index (χ4v) is 4.17. The zero-order valence-electron chi connectivity index (χ0n) is 14.3. The summed E-state index contributed by atoms with van der Waals surface area (Å²) in [6.07, 6.45) is -0.118. The Bertz CT molecular complexity index is 861. The van der Waals surface area contributed by atoms with Gasteiger partial charge in [0.1, 0.15) is 5.84 Å². The van der Waals surface area contributed by atoms with Crippen molar-refractivity contribution in [2.45, 2.75) is 24.3 Å². The molecule has 132 valence electrons. The summed E-state index contributed by atoms with van der Waals surface area (Å²) in [5, 5.41) is 10.7. The Morgan fingerprint density at radius 3 is 2.40 bits per heavy atom. The third-order valence-electron chi connectivity index (χ3n) is 4.55. The molecule has 6 heteroatoms. The predicted octanol–water partition coefficient (Wildman–Crippen LogP) is 2.77. The first-order valence-electron chi connectivity index (χ1n) is 8.24. The van der Waals surface area contributed by atoms with Crippen LogP contribution in [-0.2, 0) is 10.0 Å². The Morgan fingerprint density at radius 2 is 1.76 bits per heavy atom. The summed E-state index contributed by atoms with van der Waals surface area (Å²) in [7, 11) is -2.00. The van der Waals surface area contributed by atoms with E-state index in [2.05, 4.69) is 4.40 Å². The molecule has 0 amide bonds. The van der Waals surface area contributed by atoms with E-state index in [0.29, 0.717) is 18.8 Å². The lowest BCUT2D eigenvalue weighted by Gasteiger charge is -2.21. The van der Waals surface area contributed by atoms with Crippen molar-refractivity contribution in [3.05, 3.63) is 65.7 Å². The number of hydrogen-bond acceptors (Lipinski definition) is 3. The van der Waals surface area contributed by atoms with Gasteiger partial charge in [-0.3, -0.25) is 0 Å². The van der Waals surface area contributed by atoms with E-state index in [0.717, 1.165) is 11.1 Å². The largest absolute Gasteiger partial charge is 0.388 e. The van der Waals surface area contributed by atoms with E-state index in [1.807, 2.05) is 42.2 Å². The van der Waals surface area contributed by atoms with Crippen molar-refractivity contribution in [2.24, 2.45) is 10.3 Å². The molecule has 3 rings (SSSR count). The zero-order chi connectivity index (χ0) is 18.0. The van der Waals surface area contributed by atoms with E-state index in [-0.39, 0.29) is 10.8 Å². The van der Waals surface area contributed by atoms with Crippen LogP contribution in [0.3, 0.4) is 0 Å². The van der Waals surface area contributed by atoms with Crippen LogP contribution in [0, 0.1) is 12.8 Å². The normalized spacial score (nSPS) is 20.8. The van der Waals surface area contributed by atoms with Crippen molar-refractivity contribution in [1.82, 2.24) is 4.90 Å². The molecule has 0 unspecified atom stereocenters. The number of nitrogens with zero attached hydrogens (tertiary/aromatic N) is 2. The van der Waals surface area contributed by atoms with Crippen LogP contribution in [0.5, 0.6) is 0 Å². The number of amidine groups is 1. The first-order valence-corrected chi connectivity index (χ1v) is 9.68. The Morgan fingerprint density at radius 1 is 1.12 bits per heavy atom. The van der Waals surface area contributed by atoms with Gasteiger partial charge < -0.3 is 10.0 Å². The molecular weight excluding hydrogens is 336 g/mol. The van der Waals surface area contributed by atoms with Crippen LogP contribution in [0.25, 0.3) is 0 Å². The van der Waals surface area contributed by atoms with Gasteiger partial charge in [0.05, 0.1) is 11.0 Å². The van der Waals surface area contributed by atoms with Crippen LogP contribution in [0.15, 0.2) is 63.9 Å². The lowest BCUT2D eigenvalue weighted by Crippen LogP contribution is -2.28. The average molecular weight is 358 g/mol. The van der Waals surface area contributed by atoms with Crippen LogP contribution < -0.4 is 0 Å². The number of aliphatic hydroxyl groups is 1. The van der Waals surface area contributed by atoms with Crippen molar-refractivity contribution < 1.29 is 13.5 Å². The number of sulfonamides is 1. The van der Waals surface area contributed by atoms with Gasteiger partial charge in [-0.25, -0.2) is 0 Å². The molecule has 0 bridgehead atoms. The first kappa shape index (κ1) is 17.6. The highest BCUT2D eigenvalue weighted by Crippen LogP contribution is 2.32. The highest BCUT2D eigenvalue weighted by molar-refractivity contribution is 7.90. The molecule has 25 heavy (non-hydrogen) atoms. The van der Waals surface area contributed by atoms with Crippen LogP contribution >= 0.6 is 0 Å².